The summed E-state index contributed by atoms with van der Waals surface area (Å²) in [7, 11) is 3.19. The largest absolute Gasteiger partial charge is 0.493 e. The highest BCUT2D eigenvalue weighted by atomic mass is 16.5. The first-order chi connectivity index (χ1) is 12.6. The van der Waals surface area contributed by atoms with E-state index in [2.05, 4.69) is 24.1 Å². The van der Waals surface area contributed by atoms with Crippen LogP contribution in [0, 0.1) is 0 Å². The van der Waals surface area contributed by atoms with Crippen LogP contribution >= 0.6 is 0 Å². The second kappa shape index (κ2) is 8.10. The van der Waals surface area contributed by atoms with Crippen molar-refractivity contribution in [1.29, 1.82) is 0 Å². The van der Waals surface area contributed by atoms with E-state index in [0.29, 0.717) is 29.7 Å². The van der Waals surface area contributed by atoms with Gasteiger partial charge in [0.05, 0.1) is 19.8 Å². The fourth-order valence-electron chi connectivity index (χ4n) is 3.64. The van der Waals surface area contributed by atoms with E-state index in [1.807, 2.05) is 6.07 Å². The smallest absolute Gasteiger partial charge is 0.341 e. The van der Waals surface area contributed by atoms with Crippen LogP contribution in [0.3, 0.4) is 0 Å². The lowest BCUT2D eigenvalue weighted by Crippen LogP contribution is -2.42. The molecule has 0 amide bonds. The Hall–Kier alpha value is -2.05. The van der Waals surface area contributed by atoms with Gasteiger partial charge in [-0.25, -0.2) is 4.79 Å². The van der Waals surface area contributed by atoms with Gasteiger partial charge in [0.1, 0.15) is 5.58 Å². The number of benzene rings is 1. The highest BCUT2D eigenvalue weighted by Gasteiger charge is 2.24. The number of nitrogens with zero attached hydrogens (tertiary/aromatic N) is 1. The lowest BCUT2D eigenvalue weighted by molar-refractivity contribution is 0.226. The predicted molar refractivity (Wildman–Crippen MR) is 102 cm³/mol. The summed E-state index contributed by atoms with van der Waals surface area (Å²) < 4.78 is 16.3. The van der Waals surface area contributed by atoms with E-state index < -0.39 is 0 Å². The fraction of sp³-hybridized carbons (Fsp3) is 0.550. The average Bonchev–Trinajstić information content (AvgIpc) is 2.65. The molecular formula is C20H28N2O4. The molecule has 0 aliphatic carbocycles. The van der Waals surface area contributed by atoms with Gasteiger partial charge in [0.15, 0.2) is 11.5 Å². The molecular weight excluding hydrogens is 332 g/mol. The van der Waals surface area contributed by atoms with Crippen LogP contribution in [0.5, 0.6) is 11.5 Å². The molecule has 3 rings (SSSR count). The topological polar surface area (TPSA) is 63.9 Å². The van der Waals surface area contributed by atoms with Crippen LogP contribution in [-0.2, 0) is 13.0 Å². The van der Waals surface area contributed by atoms with Crippen LogP contribution in [0.2, 0.25) is 0 Å². The zero-order valence-electron chi connectivity index (χ0n) is 16.1. The molecule has 1 unspecified atom stereocenters. The van der Waals surface area contributed by atoms with Crippen molar-refractivity contribution >= 4 is 11.0 Å². The van der Waals surface area contributed by atoms with Gasteiger partial charge in [-0.15, -0.1) is 0 Å². The third kappa shape index (κ3) is 3.71. The molecule has 1 aliphatic heterocycles. The molecule has 0 saturated carbocycles. The summed E-state index contributed by atoms with van der Waals surface area (Å²) in [6, 6.07) is 4.05. The molecule has 26 heavy (non-hydrogen) atoms. The number of hydrogen-bond acceptors (Lipinski definition) is 6. The van der Waals surface area contributed by atoms with Gasteiger partial charge >= 0.3 is 5.63 Å². The number of methoxy groups -OCH3 is 2. The fourth-order valence-corrected chi connectivity index (χ4v) is 3.64. The van der Waals surface area contributed by atoms with Gasteiger partial charge in [0, 0.05) is 37.1 Å². The quantitative estimate of drug-likeness (QED) is 0.766. The molecule has 1 aromatic carbocycles. The molecule has 0 spiro atoms. The first-order valence-corrected chi connectivity index (χ1v) is 9.23. The van der Waals surface area contributed by atoms with Crippen molar-refractivity contribution < 1.29 is 13.9 Å². The summed E-state index contributed by atoms with van der Waals surface area (Å²) in [5, 5.41) is 4.44. The van der Waals surface area contributed by atoms with E-state index in [1.54, 1.807) is 20.3 Å². The lowest BCUT2D eigenvalue weighted by atomic mass is 9.97. The van der Waals surface area contributed by atoms with Crippen LogP contribution in [0.15, 0.2) is 21.3 Å². The number of nitrogens with one attached hydrogen (secondary N) is 1. The van der Waals surface area contributed by atoms with E-state index in [-0.39, 0.29) is 5.63 Å². The lowest BCUT2D eigenvalue weighted by Gasteiger charge is -2.31. The van der Waals surface area contributed by atoms with Gasteiger partial charge in [0.25, 0.3) is 0 Å². The summed E-state index contributed by atoms with van der Waals surface area (Å²) in [5.41, 5.74) is 2.14. The molecule has 1 aliphatic rings. The molecule has 6 heteroatoms. The Morgan fingerprint density at radius 1 is 1.23 bits per heavy atom. The number of fused-ring (bicyclic) bond motifs is 3. The second-order valence-electron chi connectivity index (χ2n) is 6.89. The molecule has 0 fully saturated rings. The first kappa shape index (κ1) is 18.7. The van der Waals surface area contributed by atoms with Crippen molar-refractivity contribution in [3.05, 3.63) is 33.7 Å². The van der Waals surface area contributed by atoms with E-state index in [9.17, 15) is 4.79 Å². The highest BCUT2D eigenvalue weighted by Crippen LogP contribution is 2.35. The Labute approximate surface area is 154 Å². The van der Waals surface area contributed by atoms with E-state index in [4.69, 9.17) is 13.9 Å². The summed E-state index contributed by atoms with van der Waals surface area (Å²) in [4.78, 5) is 14.9. The van der Waals surface area contributed by atoms with E-state index in [1.165, 1.54) is 0 Å². The highest BCUT2D eigenvalue weighted by molar-refractivity contribution is 5.85. The third-order valence-corrected chi connectivity index (χ3v) is 4.96. The van der Waals surface area contributed by atoms with Gasteiger partial charge in [-0.3, -0.25) is 4.90 Å². The Bertz CT molecular complexity index is 831. The first-order valence-electron chi connectivity index (χ1n) is 9.23. The molecule has 6 nitrogen and oxygen atoms in total. The van der Waals surface area contributed by atoms with Crippen molar-refractivity contribution in [3.63, 3.8) is 0 Å². The van der Waals surface area contributed by atoms with Gasteiger partial charge in [-0.05, 0) is 37.9 Å². The Morgan fingerprint density at radius 3 is 2.65 bits per heavy atom. The Kier molecular flexibility index (Phi) is 5.84. The van der Waals surface area contributed by atoms with Crippen molar-refractivity contribution in [1.82, 2.24) is 10.2 Å². The zero-order chi connectivity index (χ0) is 18.7. The average molecular weight is 360 g/mol. The van der Waals surface area contributed by atoms with Crippen molar-refractivity contribution in [2.45, 2.75) is 39.3 Å². The van der Waals surface area contributed by atoms with Gasteiger partial charge in [-0.1, -0.05) is 6.92 Å². The number of rotatable bonds is 7. The van der Waals surface area contributed by atoms with E-state index >= 15 is 0 Å². The molecule has 0 bridgehead atoms. The molecule has 142 valence electrons. The number of hydrogen-bond donors (Lipinski definition) is 1. The van der Waals surface area contributed by atoms with Crippen molar-refractivity contribution in [2.24, 2.45) is 0 Å². The summed E-state index contributed by atoms with van der Waals surface area (Å²) in [6.45, 7) is 7.84. The summed E-state index contributed by atoms with van der Waals surface area (Å²) in [6.07, 6.45) is 1.95. The molecule has 0 radical (unpaired) electrons. The van der Waals surface area contributed by atoms with Gasteiger partial charge in [0.2, 0.25) is 0 Å². The van der Waals surface area contributed by atoms with Crippen LogP contribution < -0.4 is 20.4 Å². The molecule has 0 saturated heterocycles. The van der Waals surface area contributed by atoms with Gasteiger partial charge < -0.3 is 19.2 Å². The maximum absolute atomic E-state index is 12.6. The third-order valence-electron chi connectivity index (χ3n) is 4.96. The molecule has 2 heterocycles. The van der Waals surface area contributed by atoms with Gasteiger partial charge in [-0.2, -0.15) is 0 Å². The minimum atomic E-state index is -0.251. The van der Waals surface area contributed by atoms with Crippen LogP contribution in [-0.4, -0.2) is 44.8 Å². The molecule has 1 aromatic heterocycles. The Morgan fingerprint density at radius 2 is 1.96 bits per heavy atom. The molecule has 1 atom stereocenters. The minimum absolute atomic E-state index is 0.251. The SMILES string of the molecule is CCCNC(C)CN1CCc2c(c(=O)oc3cc(OC)c(OC)cc23)C1. The molecule has 2 aromatic rings. The van der Waals surface area contributed by atoms with Crippen LogP contribution in [0.4, 0.5) is 0 Å². The number of ether oxygens (including phenoxy) is 2. The maximum atomic E-state index is 12.6. The minimum Gasteiger partial charge on any atom is -0.493 e. The van der Waals surface area contributed by atoms with Crippen molar-refractivity contribution in [3.8, 4) is 11.5 Å². The van der Waals surface area contributed by atoms with Crippen molar-refractivity contribution in [2.75, 3.05) is 33.9 Å². The normalized spacial score (nSPS) is 15.7. The second-order valence-corrected chi connectivity index (χ2v) is 6.89. The predicted octanol–water partition coefficient (Wildman–Crippen LogP) is 2.56. The zero-order valence-corrected chi connectivity index (χ0v) is 16.1. The summed E-state index contributed by atoms with van der Waals surface area (Å²) >= 11 is 0. The maximum Gasteiger partial charge on any atom is 0.341 e. The monoisotopic (exact) mass is 360 g/mol. The Balaban J connectivity index is 1.91. The van der Waals surface area contributed by atoms with Crippen LogP contribution in [0.1, 0.15) is 31.4 Å². The van der Waals surface area contributed by atoms with E-state index in [0.717, 1.165) is 49.0 Å². The standard InChI is InChI=1S/C20H28N2O4/c1-5-7-21-13(2)11-22-8-6-14-15-9-18(24-3)19(25-4)10-17(15)26-20(23)16(14)12-22/h9-10,13,21H,5-8,11-12H2,1-4H3. The molecule has 1 N–H and O–H groups in total. The van der Waals surface area contributed by atoms with Crippen LogP contribution in [0.25, 0.3) is 11.0 Å². The summed E-state index contributed by atoms with van der Waals surface area (Å²) in [5.74, 6) is 1.22.